The van der Waals surface area contributed by atoms with Crippen LogP contribution in [0.4, 0.5) is 10.1 Å². The number of benzene rings is 2. The lowest BCUT2D eigenvalue weighted by Gasteiger charge is -2.14. The Morgan fingerprint density at radius 3 is 2.26 bits per heavy atom. The first-order chi connectivity index (χ1) is 11.0. The number of ether oxygens (including phenoxy) is 1. The molecule has 1 saturated heterocycles. The molecule has 0 atom stereocenters. The summed E-state index contributed by atoms with van der Waals surface area (Å²) in [6, 6.07) is 11.2. The minimum absolute atomic E-state index is 0.101. The van der Waals surface area contributed by atoms with Crippen LogP contribution in [0.1, 0.15) is 23.2 Å². The minimum atomic E-state index is -0.652. The van der Waals surface area contributed by atoms with Gasteiger partial charge in [0.05, 0.1) is 11.3 Å². The number of esters is 1. The molecule has 1 aliphatic heterocycles. The van der Waals surface area contributed by atoms with E-state index in [1.807, 2.05) is 0 Å². The fraction of sp³-hybridized carbons (Fsp3) is 0.118. The van der Waals surface area contributed by atoms with Crippen molar-refractivity contribution in [2.24, 2.45) is 0 Å². The largest absolute Gasteiger partial charge is 0.423 e. The van der Waals surface area contributed by atoms with Crippen LogP contribution in [0.15, 0.2) is 48.5 Å². The zero-order valence-corrected chi connectivity index (χ0v) is 12.0. The lowest BCUT2D eigenvalue weighted by atomic mass is 10.2. The Kier molecular flexibility index (Phi) is 3.89. The van der Waals surface area contributed by atoms with Gasteiger partial charge in [-0.1, -0.05) is 6.07 Å². The van der Waals surface area contributed by atoms with Gasteiger partial charge in [0.25, 0.3) is 0 Å². The summed E-state index contributed by atoms with van der Waals surface area (Å²) >= 11 is 0. The molecule has 2 aromatic carbocycles. The average molecular weight is 313 g/mol. The molecule has 116 valence electrons. The predicted octanol–water partition coefficient (Wildman–Crippen LogP) is 2.70. The third kappa shape index (κ3) is 3.11. The van der Waals surface area contributed by atoms with E-state index in [-0.39, 0.29) is 36.0 Å². The quantitative estimate of drug-likeness (QED) is 0.496. The predicted molar refractivity (Wildman–Crippen MR) is 79.5 cm³/mol. The van der Waals surface area contributed by atoms with Gasteiger partial charge in [-0.15, -0.1) is 0 Å². The monoisotopic (exact) mass is 313 g/mol. The van der Waals surface area contributed by atoms with Gasteiger partial charge in [-0.3, -0.25) is 14.5 Å². The number of halogens is 1. The van der Waals surface area contributed by atoms with Gasteiger partial charge in [-0.2, -0.15) is 0 Å². The van der Waals surface area contributed by atoms with Crippen LogP contribution in [-0.4, -0.2) is 17.8 Å². The van der Waals surface area contributed by atoms with E-state index < -0.39 is 11.8 Å². The third-order valence-corrected chi connectivity index (χ3v) is 3.42. The molecule has 0 spiro atoms. The molecule has 6 heteroatoms. The molecular formula is C17H12FNO4. The molecule has 1 aliphatic rings. The Bertz CT molecular complexity index is 769. The smallest absolute Gasteiger partial charge is 0.343 e. The number of nitrogens with zero attached hydrogens (tertiary/aromatic N) is 1. The second-order valence-electron chi connectivity index (χ2n) is 5.02. The molecular weight excluding hydrogens is 301 g/mol. The van der Waals surface area contributed by atoms with Gasteiger partial charge >= 0.3 is 5.97 Å². The summed E-state index contributed by atoms with van der Waals surface area (Å²) in [7, 11) is 0. The third-order valence-electron chi connectivity index (χ3n) is 3.42. The second kappa shape index (κ2) is 6.00. The molecule has 3 rings (SSSR count). The number of hydrogen-bond acceptors (Lipinski definition) is 4. The van der Waals surface area contributed by atoms with Crippen LogP contribution in [0.3, 0.4) is 0 Å². The van der Waals surface area contributed by atoms with Gasteiger partial charge in [0, 0.05) is 18.9 Å². The molecule has 23 heavy (non-hydrogen) atoms. The number of carbonyl (C=O) groups excluding carboxylic acids is 3. The van der Waals surface area contributed by atoms with Crippen molar-refractivity contribution in [3.63, 3.8) is 0 Å². The molecule has 2 aromatic rings. The Balaban J connectivity index is 1.75. The molecule has 0 aliphatic carbocycles. The van der Waals surface area contributed by atoms with E-state index in [0.29, 0.717) is 5.69 Å². The maximum Gasteiger partial charge on any atom is 0.343 e. The van der Waals surface area contributed by atoms with Gasteiger partial charge < -0.3 is 4.74 Å². The zero-order valence-electron chi connectivity index (χ0n) is 12.0. The molecule has 0 bridgehead atoms. The van der Waals surface area contributed by atoms with Crippen LogP contribution in [0.25, 0.3) is 0 Å². The first kappa shape index (κ1) is 14.9. The van der Waals surface area contributed by atoms with E-state index in [0.717, 1.165) is 11.0 Å². The number of anilines is 1. The summed E-state index contributed by atoms with van der Waals surface area (Å²) < 4.78 is 18.1. The fourth-order valence-electron chi connectivity index (χ4n) is 2.31. The standard InChI is InChI=1S/C17H12FNO4/c18-12-2-1-3-14(10-12)23-17(22)11-4-6-13(7-5-11)19-15(20)8-9-16(19)21/h1-7,10H,8-9H2. The topological polar surface area (TPSA) is 63.7 Å². The van der Waals surface area contributed by atoms with E-state index >= 15 is 0 Å². The lowest BCUT2D eigenvalue weighted by molar-refractivity contribution is -0.121. The molecule has 2 amide bonds. The number of imide groups is 1. The molecule has 0 unspecified atom stereocenters. The van der Waals surface area contributed by atoms with E-state index in [2.05, 4.69) is 0 Å². The normalized spacial score (nSPS) is 14.2. The van der Waals surface area contributed by atoms with E-state index in [1.165, 1.54) is 42.5 Å². The number of amides is 2. The molecule has 0 radical (unpaired) electrons. The van der Waals surface area contributed by atoms with Gasteiger partial charge in [-0.05, 0) is 36.4 Å². The van der Waals surface area contributed by atoms with Crippen molar-refractivity contribution in [3.05, 3.63) is 59.9 Å². The van der Waals surface area contributed by atoms with E-state index in [1.54, 1.807) is 0 Å². The summed E-state index contributed by atoms with van der Waals surface area (Å²) in [5.74, 6) is -1.57. The van der Waals surface area contributed by atoms with Crippen molar-refractivity contribution in [1.82, 2.24) is 0 Å². The highest BCUT2D eigenvalue weighted by molar-refractivity contribution is 6.19. The van der Waals surface area contributed by atoms with Gasteiger partial charge in [0.15, 0.2) is 0 Å². The molecule has 5 nitrogen and oxygen atoms in total. The Hall–Kier alpha value is -3.02. The van der Waals surface area contributed by atoms with Crippen LogP contribution < -0.4 is 9.64 Å². The average Bonchev–Trinajstić information content (AvgIpc) is 2.86. The highest BCUT2D eigenvalue weighted by atomic mass is 19.1. The maximum atomic E-state index is 13.1. The zero-order chi connectivity index (χ0) is 16.4. The Morgan fingerprint density at radius 2 is 1.65 bits per heavy atom. The van der Waals surface area contributed by atoms with Crippen molar-refractivity contribution >= 4 is 23.5 Å². The SMILES string of the molecule is O=C(Oc1cccc(F)c1)c1ccc(N2C(=O)CCC2=O)cc1. The first-order valence-corrected chi connectivity index (χ1v) is 6.98. The summed E-state index contributed by atoms with van der Waals surface area (Å²) in [6.07, 6.45) is 0.393. The maximum absolute atomic E-state index is 13.1. The van der Waals surface area contributed by atoms with Gasteiger partial charge in [0.1, 0.15) is 11.6 Å². The van der Waals surface area contributed by atoms with E-state index in [9.17, 15) is 18.8 Å². The van der Waals surface area contributed by atoms with Gasteiger partial charge in [-0.25, -0.2) is 9.18 Å². The minimum Gasteiger partial charge on any atom is -0.423 e. The number of hydrogen-bond donors (Lipinski definition) is 0. The summed E-state index contributed by atoms with van der Waals surface area (Å²) in [4.78, 5) is 36.4. The second-order valence-corrected chi connectivity index (χ2v) is 5.02. The Labute approximate surface area is 131 Å². The summed E-state index contributed by atoms with van der Waals surface area (Å²) in [5.41, 5.74) is 0.650. The van der Waals surface area contributed by atoms with Crippen molar-refractivity contribution < 1.29 is 23.5 Å². The number of carbonyl (C=O) groups is 3. The highest BCUT2D eigenvalue weighted by Gasteiger charge is 2.30. The van der Waals surface area contributed by atoms with Crippen molar-refractivity contribution in [3.8, 4) is 5.75 Å². The van der Waals surface area contributed by atoms with Crippen molar-refractivity contribution in [1.29, 1.82) is 0 Å². The first-order valence-electron chi connectivity index (χ1n) is 6.98. The van der Waals surface area contributed by atoms with Crippen LogP contribution in [-0.2, 0) is 9.59 Å². The molecule has 0 aromatic heterocycles. The summed E-state index contributed by atoms with van der Waals surface area (Å²) in [5, 5.41) is 0. The lowest BCUT2D eigenvalue weighted by Crippen LogP contribution is -2.28. The molecule has 0 saturated carbocycles. The van der Waals surface area contributed by atoms with Crippen LogP contribution in [0.2, 0.25) is 0 Å². The van der Waals surface area contributed by atoms with Crippen LogP contribution in [0, 0.1) is 5.82 Å². The van der Waals surface area contributed by atoms with Gasteiger partial charge in [0.2, 0.25) is 11.8 Å². The summed E-state index contributed by atoms with van der Waals surface area (Å²) in [6.45, 7) is 0. The van der Waals surface area contributed by atoms with Crippen molar-refractivity contribution in [2.45, 2.75) is 12.8 Å². The Morgan fingerprint density at radius 1 is 1.00 bits per heavy atom. The van der Waals surface area contributed by atoms with Crippen molar-refractivity contribution in [2.75, 3.05) is 4.90 Å². The molecule has 1 heterocycles. The number of rotatable bonds is 3. The molecule has 0 N–H and O–H groups in total. The van der Waals surface area contributed by atoms with E-state index in [4.69, 9.17) is 4.74 Å². The fourth-order valence-corrected chi connectivity index (χ4v) is 2.31. The van der Waals surface area contributed by atoms with Crippen LogP contribution in [0.5, 0.6) is 5.75 Å². The molecule has 1 fully saturated rings. The highest BCUT2D eigenvalue weighted by Crippen LogP contribution is 2.23. The van der Waals surface area contributed by atoms with Crippen LogP contribution >= 0.6 is 0 Å².